The monoisotopic (exact) mass is 348 g/mol. The van der Waals surface area contributed by atoms with Crippen LogP contribution < -0.4 is 0 Å². The number of rotatable bonds is 3. The van der Waals surface area contributed by atoms with E-state index in [0.717, 1.165) is 34.9 Å². The molecule has 4 aromatic heterocycles. The maximum Gasteiger partial charge on any atom is 0.251 e. The maximum atomic E-state index is 4.74. The van der Waals surface area contributed by atoms with E-state index in [1.54, 1.807) is 10.7 Å². The molecule has 0 unspecified atom stereocenters. The summed E-state index contributed by atoms with van der Waals surface area (Å²) >= 11 is 0. The molecule has 26 heavy (non-hydrogen) atoms. The molecule has 8 nitrogen and oxygen atoms in total. The number of aromatic nitrogens is 8. The van der Waals surface area contributed by atoms with E-state index in [9.17, 15) is 0 Å². The van der Waals surface area contributed by atoms with Crippen LogP contribution in [0.2, 0.25) is 0 Å². The standard InChI is InChI=1S/C18H20N8/c1-10-11(2)26-18(21-10)19-8-16(23-26)17-6-15(22-25(17)4)14-5-13(14)12-7-20-24(3)9-12/h6-9,13-14H,5H2,1-4H3/t13-,14+/m0/s1. The highest BCUT2D eigenvalue weighted by Crippen LogP contribution is 2.54. The molecule has 1 fully saturated rings. The fourth-order valence-electron chi connectivity index (χ4n) is 3.59. The summed E-state index contributed by atoms with van der Waals surface area (Å²) in [6, 6.07) is 2.13. The summed E-state index contributed by atoms with van der Waals surface area (Å²) in [7, 11) is 3.91. The molecule has 0 spiro atoms. The Hall–Kier alpha value is -3.03. The first-order chi connectivity index (χ1) is 12.5. The molecule has 0 aromatic carbocycles. The molecule has 1 aliphatic carbocycles. The first-order valence-corrected chi connectivity index (χ1v) is 8.73. The molecule has 2 atom stereocenters. The summed E-state index contributed by atoms with van der Waals surface area (Å²) in [6.45, 7) is 3.98. The second kappa shape index (κ2) is 5.23. The van der Waals surface area contributed by atoms with Crippen molar-refractivity contribution in [2.45, 2.75) is 32.1 Å². The molecule has 132 valence electrons. The first kappa shape index (κ1) is 15.2. The molecule has 4 aromatic rings. The normalized spacial score (nSPS) is 19.4. The van der Waals surface area contributed by atoms with Crippen LogP contribution in [-0.4, -0.2) is 39.1 Å². The summed E-state index contributed by atoms with van der Waals surface area (Å²) < 4.78 is 5.55. The number of aryl methyl sites for hydroxylation is 4. The van der Waals surface area contributed by atoms with E-state index >= 15 is 0 Å². The molecule has 0 amide bonds. The van der Waals surface area contributed by atoms with Gasteiger partial charge in [-0.05, 0) is 37.8 Å². The van der Waals surface area contributed by atoms with Gasteiger partial charge in [-0.15, -0.1) is 0 Å². The zero-order valence-electron chi connectivity index (χ0n) is 15.2. The number of nitrogens with zero attached hydrogens (tertiary/aromatic N) is 8. The van der Waals surface area contributed by atoms with Gasteiger partial charge in [-0.25, -0.2) is 14.5 Å². The van der Waals surface area contributed by atoms with Crippen molar-refractivity contribution in [3.63, 3.8) is 0 Å². The molecule has 4 heterocycles. The Bertz CT molecular complexity index is 1130. The zero-order valence-corrected chi connectivity index (χ0v) is 15.2. The van der Waals surface area contributed by atoms with Crippen molar-refractivity contribution in [2.24, 2.45) is 14.1 Å². The van der Waals surface area contributed by atoms with Gasteiger partial charge in [0.2, 0.25) is 0 Å². The highest BCUT2D eigenvalue weighted by Gasteiger charge is 2.42. The van der Waals surface area contributed by atoms with E-state index in [1.807, 2.05) is 43.5 Å². The van der Waals surface area contributed by atoms with Crippen molar-refractivity contribution >= 4 is 5.78 Å². The second-order valence-electron chi connectivity index (χ2n) is 7.11. The van der Waals surface area contributed by atoms with Gasteiger partial charge in [0.25, 0.3) is 5.78 Å². The third-order valence-corrected chi connectivity index (χ3v) is 5.29. The first-order valence-electron chi connectivity index (χ1n) is 8.73. The minimum Gasteiger partial charge on any atom is -0.276 e. The lowest BCUT2D eigenvalue weighted by Crippen LogP contribution is -2.02. The number of fused-ring (bicyclic) bond motifs is 1. The Labute approximate surface area is 150 Å². The average molecular weight is 348 g/mol. The molecule has 8 heteroatoms. The van der Waals surface area contributed by atoms with Crippen LogP contribution >= 0.6 is 0 Å². The Balaban J connectivity index is 1.49. The van der Waals surface area contributed by atoms with Gasteiger partial charge in [-0.3, -0.25) is 9.36 Å². The number of hydrogen-bond acceptors (Lipinski definition) is 5. The van der Waals surface area contributed by atoms with Crippen LogP contribution in [0.5, 0.6) is 0 Å². The van der Waals surface area contributed by atoms with E-state index in [4.69, 9.17) is 10.2 Å². The van der Waals surface area contributed by atoms with Crippen LogP contribution in [0.3, 0.4) is 0 Å². The third kappa shape index (κ3) is 2.25. The molecule has 1 saturated carbocycles. The third-order valence-electron chi connectivity index (χ3n) is 5.29. The Kier molecular flexibility index (Phi) is 3.07. The molecule has 0 N–H and O–H groups in total. The highest BCUT2D eigenvalue weighted by molar-refractivity contribution is 5.55. The zero-order chi connectivity index (χ0) is 18.0. The van der Waals surface area contributed by atoms with Crippen molar-refractivity contribution in [1.29, 1.82) is 0 Å². The molecule has 5 rings (SSSR count). The van der Waals surface area contributed by atoms with E-state index in [2.05, 4.69) is 27.3 Å². The van der Waals surface area contributed by atoms with Crippen LogP contribution in [0.25, 0.3) is 17.2 Å². The molecule has 0 radical (unpaired) electrons. The Morgan fingerprint density at radius 1 is 1.08 bits per heavy atom. The smallest absolute Gasteiger partial charge is 0.251 e. The second-order valence-corrected chi connectivity index (χ2v) is 7.11. The lowest BCUT2D eigenvalue weighted by Gasteiger charge is -2.01. The van der Waals surface area contributed by atoms with Crippen LogP contribution in [0.15, 0.2) is 24.7 Å². The fraction of sp³-hybridized carbons (Fsp3) is 0.389. The highest BCUT2D eigenvalue weighted by atomic mass is 15.3. The van der Waals surface area contributed by atoms with Gasteiger partial charge in [-0.1, -0.05) is 0 Å². The van der Waals surface area contributed by atoms with Gasteiger partial charge >= 0.3 is 0 Å². The van der Waals surface area contributed by atoms with Crippen molar-refractivity contribution in [3.05, 3.63) is 47.3 Å². The van der Waals surface area contributed by atoms with Gasteiger partial charge in [0.05, 0.1) is 35.2 Å². The summed E-state index contributed by atoms with van der Waals surface area (Å²) in [5.41, 5.74) is 6.13. The summed E-state index contributed by atoms with van der Waals surface area (Å²) in [4.78, 5) is 8.87. The number of hydrogen-bond donors (Lipinski definition) is 0. The SMILES string of the molecule is Cc1nc2ncc(-c3cc([C@@H]4C[C@H]4c4cnn(C)c4)nn3C)nn2c1C. The molecule has 0 bridgehead atoms. The molecule has 0 aliphatic heterocycles. The summed E-state index contributed by atoms with van der Waals surface area (Å²) in [6.07, 6.45) is 6.94. The minimum absolute atomic E-state index is 0.452. The minimum atomic E-state index is 0.452. The lowest BCUT2D eigenvalue weighted by molar-refractivity contribution is 0.740. The van der Waals surface area contributed by atoms with Gasteiger partial charge < -0.3 is 0 Å². The van der Waals surface area contributed by atoms with Crippen molar-refractivity contribution in [1.82, 2.24) is 39.1 Å². The van der Waals surface area contributed by atoms with E-state index in [1.165, 1.54) is 5.56 Å². The van der Waals surface area contributed by atoms with Crippen LogP contribution in [0.1, 0.15) is 40.9 Å². The van der Waals surface area contributed by atoms with E-state index < -0.39 is 0 Å². The van der Waals surface area contributed by atoms with Crippen molar-refractivity contribution < 1.29 is 0 Å². The topological polar surface area (TPSA) is 78.7 Å². The van der Waals surface area contributed by atoms with Crippen molar-refractivity contribution in [2.75, 3.05) is 0 Å². The predicted octanol–water partition coefficient (Wildman–Crippen LogP) is 2.15. The van der Waals surface area contributed by atoms with Crippen LogP contribution in [0, 0.1) is 13.8 Å². The van der Waals surface area contributed by atoms with Gasteiger partial charge in [0.1, 0.15) is 5.69 Å². The molecule has 1 aliphatic rings. The predicted molar refractivity (Wildman–Crippen MR) is 95.8 cm³/mol. The largest absolute Gasteiger partial charge is 0.276 e. The Morgan fingerprint density at radius 3 is 2.69 bits per heavy atom. The average Bonchev–Trinajstić information content (AvgIpc) is 3.01. The molecular weight excluding hydrogens is 328 g/mol. The van der Waals surface area contributed by atoms with E-state index in [0.29, 0.717) is 17.6 Å². The summed E-state index contributed by atoms with van der Waals surface area (Å²) in [5, 5.41) is 13.7. The van der Waals surface area contributed by atoms with Gasteiger partial charge in [0, 0.05) is 26.2 Å². The Morgan fingerprint density at radius 2 is 1.92 bits per heavy atom. The van der Waals surface area contributed by atoms with E-state index in [-0.39, 0.29) is 0 Å². The van der Waals surface area contributed by atoms with Crippen LogP contribution in [0.4, 0.5) is 0 Å². The lowest BCUT2D eigenvalue weighted by atomic mass is 10.1. The quantitative estimate of drug-likeness (QED) is 0.567. The molecule has 0 saturated heterocycles. The van der Waals surface area contributed by atoms with Gasteiger partial charge in [-0.2, -0.15) is 15.3 Å². The number of imidazole rings is 1. The fourth-order valence-corrected chi connectivity index (χ4v) is 3.59. The van der Waals surface area contributed by atoms with Crippen LogP contribution in [-0.2, 0) is 14.1 Å². The summed E-state index contributed by atoms with van der Waals surface area (Å²) in [5.74, 6) is 1.59. The van der Waals surface area contributed by atoms with Crippen molar-refractivity contribution in [3.8, 4) is 11.4 Å². The maximum absolute atomic E-state index is 4.74. The van der Waals surface area contributed by atoms with Gasteiger partial charge in [0.15, 0.2) is 0 Å². The molecular formula is C18H20N8.